The molecule has 1 fully saturated rings. The maximum Gasteiger partial charge on any atom is 0.471 e. The van der Waals surface area contributed by atoms with Gasteiger partial charge in [-0.05, 0) is 30.9 Å². The van der Waals surface area contributed by atoms with E-state index in [-0.39, 0.29) is 43.9 Å². The lowest BCUT2D eigenvalue weighted by Crippen LogP contribution is -2.47. The second kappa shape index (κ2) is 9.50. The molecule has 2 amide bonds. The minimum Gasteiger partial charge on any atom is -0.376 e. The lowest BCUT2D eigenvalue weighted by Gasteiger charge is -2.32. The zero-order valence-electron chi connectivity index (χ0n) is 13.5. The second-order valence-electron chi connectivity index (χ2n) is 5.76. The Balaban J connectivity index is 0.00000312. The zero-order chi connectivity index (χ0) is 17.6. The molecule has 0 saturated carbocycles. The minimum absolute atomic E-state index is 0. The molecule has 25 heavy (non-hydrogen) atoms. The summed E-state index contributed by atoms with van der Waals surface area (Å²) < 4.78 is 37.1. The number of hydrogen-bond donors (Lipinski definition) is 2. The molecule has 1 saturated heterocycles. The summed E-state index contributed by atoms with van der Waals surface area (Å²) in [5, 5.41) is 5.75. The molecule has 1 heterocycles. The summed E-state index contributed by atoms with van der Waals surface area (Å²) in [4.78, 5) is 23.7. The molecule has 9 heteroatoms. The second-order valence-corrected chi connectivity index (χ2v) is 5.76. The SMILES string of the molecule is Cl.O=C(CNc1ccccc1)NCC1CCN(C(=O)C(F)(F)F)CC1. The molecule has 1 aromatic rings. The highest BCUT2D eigenvalue weighted by Gasteiger charge is 2.43. The number of piperidine rings is 1. The molecule has 1 aliphatic heterocycles. The number of benzene rings is 1. The Morgan fingerprint density at radius 1 is 1.12 bits per heavy atom. The molecule has 0 bridgehead atoms. The van der Waals surface area contributed by atoms with Crippen LogP contribution in [0.15, 0.2) is 30.3 Å². The van der Waals surface area contributed by atoms with Crippen molar-refractivity contribution in [1.29, 1.82) is 0 Å². The van der Waals surface area contributed by atoms with Gasteiger partial charge in [0, 0.05) is 25.3 Å². The number of carbonyl (C=O) groups is 2. The summed E-state index contributed by atoms with van der Waals surface area (Å²) in [6.07, 6.45) is -3.91. The summed E-state index contributed by atoms with van der Waals surface area (Å²) in [5.41, 5.74) is 0.839. The van der Waals surface area contributed by atoms with E-state index in [4.69, 9.17) is 0 Å². The quantitative estimate of drug-likeness (QED) is 0.826. The van der Waals surface area contributed by atoms with E-state index < -0.39 is 12.1 Å². The van der Waals surface area contributed by atoms with Crippen molar-refractivity contribution in [3.05, 3.63) is 30.3 Å². The number of halogens is 4. The number of carbonyl (C=O) groups excluding carboxylic acids is 2. The van der Waals surface area contributed by atoms with Gasteiger partial charge in [-0.25, -0.2) is 0 Å². The lowest BCUT2D eigenvalue weighted by molar-refractivity contribution is -0.186. The van der Waals surface area contributed by atoms with Gasteiger partial charge >= 0.3 is 12.1 Å². The van der Waals surface area contributed by atoms with Gasteiger partial charge in [-0.15, -0.1) is 12.4 Å². The Morgan fingerprint density at radius 3 is 2.28 bits per heavy atom. The predicted octanol–water partition coefficient (Wildman–Crippen LogP) is 2.44. The molecule has 0 aromatic heterocycles. The molecule has 0 atom stereocenters. The van der Waals surface area contributed by atoms with Crippen LogP contribution >= 0.6 is 12.4 Å². The number of anilines is 1. The molecular weight excluding hydrogens is 359 g/mol. The molecular formula is C16H21ClF3N3O2. The van der Waals surface area contributed by atoms with Crippen molar-refractivity contribution in [2.45, 2.75) is 19.0 Å². The van der Waals surface area contributed by atoms with Crippen LogP contribution in [-0.4, -0.2) is 49.1 Å². The number of hydrogen-bond acceptors (Lipinski definition) is 3. The van der Waals surface area contributed by atoms with Crippen molar-refractivity contribution in [1.82, 2.24) is 10.2 Å². The van der Waals surface area contributed by atoms with E-state index in [1.54, 1.807) is 0 Å². The van der Waals surface area contributed by atoms with E-state index >= 15 is 0 Å². The van der Waals surface area contributed by atoms with E-state index in [0.29, 0.717) is 19.4 Å². The van der Waals surface area contributed by atoms with Crippen molar-refractivity contribution in [2.75, 3.05) is 31.5 Å². The monoisotopic (exact) mass is 379 g/mol. The van der Waals surface area contributed by atoms with Gasteiger partial charge in [0.2, 0.25) is 5.91 Å². The highest BCUT2D eigenvalue weighted by Crippen LogP contribution is 2.23. The van der Waals surface area contributed by atoms with Gasteiger partial charge in [-0.2, -0.15) is 13.2 Å². The van der Waals surface area contributed by atoms with Crippen molar-refractivity contribution in [3.8, 4) is 0 Å². The third-order valence-electron chi connectivity index (χ3n) is 3.96. The Kier molecular flexibility index (Phi) is 8.02. The van der Waals surface area contributed by atoms with Crippen LogP contribution in [0.4, 0.5) is 18.9 Å². The molecule has 0 spiro atoms. The summed E-state index contributed by atoms with van der Waals surface area (Å²) in [6, 6.07) is 9.29. The van der Waals surface area contributed by atoms with Crippen LogP contribution in [0.1, 0.15) is 12.8 Å². The van der Waals surface area contributed by atoms with Gasteiger partial charge in [0.15, 0.2) is 0 Å². The third kappa shape index (κ3) is 6.81. The van der Waals surface area contributed by atoms with E-state index in [2.05, 4.69) is 10.6 Å². The number of alkyl halides is 3. The highest BCUT2D eigenvalue weighted by atomic mass is 35.5. The lowest BCUT2D eigenvalue weighted by atomic mass is 9.96. The Bertz CT molecular complexity index is 561. The average molecular weight is 380 g/mol. The van der Waals surface area contributed by atoms with Gasteiger partial charge in [0.05, 0.1) is 6.54 Å². The molecule has 2 N–H and O–H groups in total. The molecule has 2 rings (SSSR count). The van der Waals surface area contributed by atoms with Gasteiger partial charge in [-0.3, -0.25) is 9.59 Å². The Hall–Kier alpha value is -1.96. The van der Waals surface area contributed by atoms with Gasteiger partial charge in [-0.1, -0.05) is 18.2 Å². The summed E-state index contributed by atoms with van der Waals surface area (Å²) >= 11 is 0. The Morgan fingerprint density at radius 2 is 1.72 bits per heavy atom. The topological polar surface area (TPSA) is 61.4 Å². The molecule has 1 aliphatic rings. The highest BCUT2D eigenvalue weighted by molar-refractivity contribution is 5.85. The molecule has 0 unspecified atom stereocenters. The number of rotatable bonds is 5. The molecule has 5 nitrogen and oxygen atoms in total. The molecule has 1 aromatic carbocycles. The van der Waals surface area contributed by atoms with Crippen molar-refractivity contribution in [2.24, 2.45) is 5.92 Å². The average Bonchev–Trinajstić information content (AvgIpc) is 2.58. The first-order chi connectivity index (χ1) is 11.4. The van der Waals surface area contributed by atoms with Gasteiger partial charge in [0.25, 0.3) is 0 Å². The molecule has 0 aliphatic carbocycles. The minimum atomic E-state index is -4.82. The Labute approximate surface area is 150 Å². The van der Waals surface area contributed by atoms with Crippen LogP contribution in [0.5, 0.6) is 0 Å². The first kappa shape index (κ1) is 21.1. The van der Waals surface area contributed by atoms with E-state index in [1.165, 1.54) is 0 Å². The zero-order valence-corrected chi connectivity index (χ0v) is 14.3. The maximum absolute atomic E-state index is 12.4. The van der Waals surface area contributed by atoms with E-state index in [9.17, 15) is 22.8 Å². The summed E-state index contributed by atoms with van der Waals surface area (Å²) in [6.45, 7) is 0.682. The number of amides is 2. The molecule has 0 radical (unpaired) electrons. The largest absolute Gasteiger partial charge is 0.471 e. The fourth-order valence-electron chi connectivity index (χ4n) is 2.58. The van der Waals surface area contributed by atoms with Crippen LogP contribution < -0.4 is 10.6 Å². The smallest absolute Gasteiger partial charge is 0.376 e. The maximum atomic E-state index is 12.4. The summed E-state index contributed by atoms with van der Waals surface area (Å²) in [5.74, 6) is -1.87. The van der Waals surface area contributed by atoms with E-state index in [0.717, 1.165) is 10.6 Å². The first-order valence-corrected chi connectivity index (χ1v) is 7.78. The van der Waals surface area contributed by atoms with Crippen LogP contribution in [0, 0.1) is 5.92 Å². The van der Waals surface area contributed by atoms with Crippen molar-refractivity contribution >= 4 is 29.9 Å². The number of para-hydroxylation sites is 1. The number of nitrogens with one attached hydrogen (secondary N) is 2. The standard InChI is InChI=1S/C16H20F3N3O2.ClH/c17-16(18,19)15(24)22-8-6-12(7-9-22)10-21-14(23)11-20-13-4-2-1-3-5-13;/h1-5,12,20H,6-11H2,(H,21,23);1H. The summed E-state index contributed by atoms with van der Waals surface area (Å²) in [7, 11) is 0. The number of nitrogens with zero attached hydrogens (tertiary/aromatic N) is 1. The van der Waals surface area contributed by atoms with Crippen molar-refractivity contribution in [3.63, 3.8) is 0 Å². The van der Waals surface area contributed by atoms with Crippen LogP contribution in [0.25, 0.3) is 0 Å². The van der Waals surface area contributed by atoms with Gasteiger partial charge in [0.1, 0.15) is 0 Å². The normalized spacial score (nSPS) is 15.2. The van der Waals surface area contributed by atoms with Gasteiger partial charge < -0.3 is 15.5 Å². The number of likely N-dealkylation sites (tertiary alicyclic amines) is 1. The fraction of sp³-hybridized carbons (Fsp3) is 0.500. The molecule has 140 valence electrons. The fourth-order valence-corrected chi connectivity index (χ4v) is 2.58. The third-order valence-corrected chi connectivity index (χ3v) is 3.96. The van der Waals surface area contributed by atoms with Crippen LogP contribution in [-0.2, 0) is 9.59 Å². The first-order valence-electron chi connectivity index (χ1n) is 7.78. The van der Waals surface area contributed by atoms with E-state index in [1.807, 2.05) is 30.3 Å². The van der Waals surface area contributed by atoms with Crippen LogP contribution in [0.3, 0.4) is 0 Å². The van der Waals surface area contributed by atoms with Crippen LogP contribution in [0.2, 0.25) is 0 Å². The van der Waals surface area contributed by atoms with Crippen molar-refractivity contribution < 1.29 is 22.8 Å². The predicted molar refractivity (Wildman–Crippen MR) is 90.5 cm³/mol.